The summed E-state index contributed by atoms with van der Waals surface area (Å²) in [5.74, 6) is -0.428. The summed E-state index contributed by atoms with van der Waals surface area (Å²) in [6, 6.07) is 13.2. The van der Waals surface area contributed by atoms with Crippen molar-refractivity contribution in [3.8, 4) is 0 Å². The fourth-order valence-corrected chi connectivity index (χ4v) is 5.98. The molecule has 2 heterocycles. The number of carbonyl (C=O) groups excluding carboxylic acids is 1. The first kappa shape index (κ1) is 20.3. The molecule has 1 N–H and O–H groups in total. The van der Waals surface area contributed by atoms with Gasteiger partial charge in [-0.1, -0.05) is 29.8 Å². The van der Waals surface area contributed by atoms with Gasteiger partial charge in [0, 0.05) is 11.4 Å². The Hall–Kier alpha value is -2.42. The smallest absolute Gasteiger partial charge is 0.270 e. The minimum Gasteiger partial charge on any atom is -0.325 e. The van der Waals surface area contributed by atoms with Crippen LogP contribution in [0.15, 0.2) is 62.4 Å². The van der Waals surface area contributed by atoms with Crippen molar-refractivity contribution in [3.63, 3.8) is 0 Å². The van der Waals surface area contributed by atoms with E-state index < -0.39 is 21.3 Å². The molecule has 0 radical (unpaired) electrons. The summed E-state index contributed by atoms with van der Waals surface area (Å²) in [5.41, 5.74) is 0.678. The van der Waals surface area contributed by atoms with Gasteiger partial charge in [-0.15, -0.1) is 11.3 Å². The van der Waals surface area contributed by atoms with E-state index in [0.717, 1.165) is 15.9 Å². The second-order valence-corrected chi connectivity index (χ2v) is 9.99. The minimum atomic E-state index is -4.04. The summed E-state index contributed by atoms with van der Waals surface area (Å²) >= 11 is 6.74. The number of hydrogen-bond acceptors (Lipinski definition) is 5. The van der Waals surface area contributed by atoms with Crippen LogP contribution < -0.4 is 10.9 Å². The Labute approximate surface area is 171 Å². The average molecular weight is 437 g/mol. The fourth-order valence-electron chi connectivity index (χ4n) is 2.84. The number of aryl methyl sites for hydroxylation is 2. The van der Waals surface area contributed by atoms with Crippen molar-refractivity contribution < 1.29 is 13.2 Å². The van der Waals surface area contributed by atoms with Crippen molar-refractivity contribution in [2.24, 2.45) is 0 Å². The van der Waals surface area contributed by atoms with Crippen molar-refractivity contribution in [2.45, 2.75) is 29.5 Å². The van der Waals surface area contributed by atoms with Crippen LogP contribution in [0.5, 0.6) is 0 Å². The van der Waals surface area contributed by atoms with E-state index in [1.807, 2.05) is 6.07 Å². The van der Waals surface area contributed by atoms with Crippen LogP contribution in [0, 0.1) is 13.8 Å². The van der Waals surface area contributed by atoms with E-state index >= 15 is 0 Å². The van der Waals surface area contributed by atoms with Crippen LogP contribution in [0.25, 0.3) is 0 Å². The van der Waals surface area contributed by atoms with Gasteiger partial charge in [-0.05, 0) is 49.7 Å². The zero-order valence-electron chi connectivity index (χ0n) is 15.1. The number of sulfone groups is 1. The van der Waals surface area contributed by atoms with Crippen molar-refractivity contribution in [3.05, 3.63) is 74.5 Å². The van der Waals surface area contributed by atoms with E-state index in [-0.39, 0.29) is 15.6 Å². The summed E-state index contributed by atoms with van der Waals surface area (Å²) in [6.45, 7) is 2.92. The molecule has 3 aromatic rings. The van der Waals surface area contributed by atoms with Crippen molar-refractivity contribution in [1.82, 2.24) is 4.57 Å². The van der Waals surface area contributed by atoms with Crippen LogP contribution >= 0.6 is 22.9 Å². The Morgan fingerprint density at radius 2 is 1.82 bits per heavy atom. The van der Waals surface area contributed by atoms with Gasteiger partial charge in [0.25, 0.3) is 5.56 Å². The normalized spacial score (nSPS) is 11.4. The number of carbonyl (C=O) groups is 1. The summed E-state index contributed by atoms with van der Waals surface area (Å²) in [7, 11) is -4.04. The molecule has 0 aliphatic rings. The van der Waals surface area contributed by atoms with Gasteiger partial charge in [0.2, 0.25) is 15.7 Å². The lowest BCUT2D eigenvalue weighted by Crippen LogP contribution is -2.33. The number of rotatable bonds is 5. The van der Waals surface area contributed by atoms with Crippen molar-refractivity contribution in [1.29, 1.82) is 0 Å². The van der Waals surface area contributed by atoms with E-state index in [4.69, 9.17) is 11.6 Å². The van der Waals surface area contributed by atoms with Gasteiger partial charge in [0.05, 0.1) is 4.34 Å². The summed E-state index contributed by atoms with van der Waals surface area (Å²) in [5, 5.41) is 2.69. The second kappa shape index (κ2) is 7.90. The number of nitrogens with zero attached hydrogens (tertiary/aromatic N) is 1. The molecule has 0 unspecified atom stereocenters. The highest BCUT2D eigenvalue weighted by Crippen LogP contribution is 2.30. The third-order valence-electron chi connectivity index (χ3n) is 4.09. The molecule has 0 saturated carbocycles. The maximum absolute atomic E-state index is 13.0. The van der Waals surface area contributed by atoms with Crippen LogP contribution in [0.2, 0.25) is 4.34 Å². The first-order chi connectivity index (χ1) is 13.2. The standard InChI is InChI=1S/C19H17ClN2O4S2/c1-12-10-13(2)22(11-16(23)21-14-6-4-3-5-7-14)19(24)18(12)28(25,26)17-9-8-15(20)27-17/h3-10H,11H2,1-2H3,(H,21,23). The van der Waals surface area contributed by atoms with Gasteiger partial charge >= 0.3 is 0 Å². The quantitative estimate of drug-likeness (QED) is 0.661. The number of thiophene rings is 1. The Balaban J connectivity index is 2.01. The third-order valence-corrected chi connectivity index (χ3v) is 7.72. The molecule has 9 heteroatoms. The maximum atomic E-state index is 13.0. The minimum absolute atomic E-state index is 0.0122. The molecule has 28 heavy (non-hydrogen) atoms. The molecule has 0 atom stereocenters. The van der Waals surface area contributed by atoms with Crippen molar-refractivity contribution >= 4 is 44.4 Å². The molecular formula is C19H17ClN2O4S2. The van der Waals surface area contributed by atoms with Crippen LogP contribution in [0.3, 0.4) is 0 Å². The number of benzene rings is 1. The molecular weight excluding hydrogens is 420 g/mol. The van der Waals surface area contributed by atoms with Gasteiger partial charge in [-0.2, -0.15) is 0 Å². The van der Waals surface area contributed by atoms with Gasteiger partial charge in [-0.25, -0.2) is 8.42 Å². The summed E-state index contributed by atoms with van der Waals surface area (Å²) in [6.07, 6.45) is 0. The highest BCUT2D eigenvalue weighted by Gasteiger charge is 2.27. The van der Waals surface area contributed by atoms with Gasteiger partial charge in [0.15, 0.2) is 0 Å². The first-order valence-electron chi connectivity index (χ1n) is 8.26. The van der Waals surface area contributed by atoms with E-state index in [1.54, 1.807) is 44.2 Å². The van der Waals surface area contributed by atoms with E-state index in [0.29, 0.717) is 21.3 Å². The average Bonchev–Trinajstić information content (AvgIpc) is 3.06. The second-order valence-electron chi connectivity index (χ2n) is 6.17. The van der Waals surface area contributed by atoms with Crippen LogP contribution in [-0.4, -0.2) is 18.9 Å². The first-order valence-corrected chi connectivity index (χ1v) is 10.9. The predicted molar refractivity (Wildman–Crippen MR) is 110 cm³/mol. The lowest BCUT2D eigenvalue weighted by atomic mass is 10.2. The molecule has 0 aliphatic carbocycles. The number of pyridine rings is 1. The molecule has 146 valence electrons. The number of hydrogen-bond donors (Lipinski definition) is 1. The van der Waals surface area contributed by atoms with Crippen LogP contribution in [0.4, 0.5) is 5.69 Å². The number of nitrogens with one attached hydrogen (secondary N) is 1. The lowest BCUT2D eigenvalue weighted by Gasteiger charge is -2.14. The molecule has 1 amide bonds. The summed E-state index contributed by atoms with van der Waals surface area (Å²) < 4.78 is 27.4. The van der Waals surface area contributed by atoms with Crippen LogP contribution in [-0.2, 0) is 21.2 Å². The third kappa shape index (κ3) is 4.04. The Bertz CT molecular complexity index is 1200. The molecule has 1 aromatic carbocycles. The predicted octanol–water partition coefficient (Wildman–Crippen LogP) is 3.65. The maximum Gasteiger partial charge on any atom is 0.270 e. The Kier molecular flexibility index (Phi) is 5.74. The molecule has 0 bridgehead atoms. The highest BCUT2D eigenvalue weighted by atomic mass is 35.5. The van der Waals surface area contributed by atoms with Crippen molar-refractivity contribution in [2.75, 3.05) is 5.32 Å². The van der Waals surface area contributed by atoms with E-state index in [9.17, 15) is 18.0 Å². The largest absolute Gasteiger partial charge is 0.325 e. The van der Waals surface area contributed by atoms with Crippen LogP contribution in [0.1, 0.15) is 11.3 Å². The molecule has 3 rings (SSSR count). The Morgan fingerprint density at radius 1 is 1.14 bits per heavy atom. The van der Waals surface area contributed by atoms with Gasteiger partial charge in [0.1, 0.15) is 15.6 Å². The highest BCUT2D eigenvalue weighted by molar-refractivity contribution is 7.93. The van der Waals surface area contributed by atoms with Gasteiger partial charge in [-0.3, -0.25) is 9.59 Å². The number of anilines is 1. The number of halogens is 1. The zero-order chi connectivity index (χ0) is 20.5. The van der Waals surface area contributed by atoms with Gasteiger partial charge < -0.3 is 9.88 Å². The van der Waals surface area contributed by atoms with E-state index in [1.165, 1.54) is 12.1 Å². The Morgan fingerprint density at radius 3 is 2.43 bits per heavy atom. The molecule has 0 fully saturated rings. The molecule has 2 aromatic heterocycles. The topological polar surface area (TPSA) is 85.2 Å². The lowest BCUT2D eigenvalue weighted by molar-refractivity contribution is -0.116. The van der Waals surface area contributed by atoms with E-state index in [2.05, 4.69) is 5.32 Å². The monoisotopic (exact) mass is 436 g/mol. The number of amides is 1. The molecule has 0 aliphatic heterocycles. The summed E-state index contributed by atoms with van der Waals surface area (Å²) in [4.78, 5) is 25.0. The molecule has 0 spiro atoms. The molecule has 6 nitrogen and oxygen atoms in total. The number of para-hydroxylation sites is 1. The number of aromatic nitrogens is 1. The SMILES string of the molecule is Cc1cc(C)n(CC(=O)Nc2ccccc2)c(=O)c1S(=O)(=O)c1ccc(Cl)s1. The fraction of sp³-hybridized carbons (Fsp3) is 0.158. The zero-order valence-corrected chi connectivity index (χ0v) is 17.5. The molecule has 0 saturated heterocycles.